The molecule has 1 atom stereocenters. The molecule has 0 saturated carbocycles. The van der Waals surface area contributed by atoms with Crippen molar-refractivity contribution in [2.45, 2.75) is 32.7 Å². The Bertz CT molecular complexity index is 1230. The van der Waals surface area contributed by atoms with Crippen LogP contribution in [0.15, 0.2) is 84.4 Å². The monoisotopic (exact) mass is 485 g/mol. The van der Waals surface area contributed by atoms with Crippen molar-refractivity contribution < 1.29 is 24.2 Å². The molecule has 1 fully saturated rings. The second kappa shape index (κ2) is 11.6. The first-order chi connectivity index (χ1) is 17.5. The molecule has 1 aliphatic heterocycles. The fourth-order valence-corrected chi connectivity index (χ4v) is 4.37. The number of Topliss-reactive ketones (excluding diaryl/α,β-unsaturated/α-hetero) is 1. The van der Waals surface area contributed by atoms with Crippen LogP contribution in [0.5, 0.6) is 11.5 Å². The number of hydrogen-bond donors (Lipinski definition) is 1. The number of benzene rings is 3. The molecule has 3 aromatic carbocycles. The lowest BCUT2D eigenvalue weighted by Gasteiger charge is -2.25. The molecule has 1 saturated heterocycles. The van der Waals surface area contributed by atoms with Crippen LogP contribution in [-0.2, 0) is 16.0 Å². The highest BCUT2D eigenvalue weighted by Gasteiger charge is 2.45. The Hall–Kier alpha value is -4.06. The summed E-state index contributed by atoms with van der Waals surface area (Å²) in [6, 6.07) is 23.4. The van der Waals surface area contributed by atoms with Crippen molar-refractivity contribution in [3.63, 3.8) is 0 Å². The molecule has 4 rings (SSSR count). The normalized spacial score (nSPS) is 16.8. The number of hydrogen-bond acceptors (Lipinski definition) is 5. The molecule has 1 N–H and O–H groups in total. The van der Waals surface area contributed by atoms with Gasteiger partial charge in [0.05, 0.1) is 24.8 Å². The highest BCUT2D eigenvalue weighted by atomic mass is 16.5. The van der Waals surface area contributed by atoms with E-state index in [-0.39, 0.29) is 11.3 Å². The third-order valence-electron chi connectivity index (χ3n) is 6.11. The second-order valence-electron chi connectivity index (χ2n) is 8.61. The number of rotatable bonds is 10. The van der Waals surface area contributed by atoms with Crippen LogP contribution in [0.2, 0.25) is 0 Å². The summed E-state index contributed by atoms with van der Waals surface area (Å²) >= 11 is 0. The first kappa shape index (κ1) is 25.0. The summed E-state index contributed by atoms with van der Waals surface area (Å²) in [6.45, 7) is 5.33. The number of aliphatic hydroxyl groups excluding tert-OH is 1. The van der Waals surface area contributed by atoms with Gasteiger partial charge in [-0.15, -0.1) is 0 Å². The van der Waals surface area contributed by atoms with Gasteiger partial charge in [0.2, 0.25) is 0 Å². The Labute approximate surface area is 211 Å². The van der Waals surface area contributed by atoms with Gasteiger partial charge in [-0.2, -0.15) is 0 Å². The van der Waals surface area contributed by atoms with Crippen molar-refractivity contribution in [3.8, 4) is 11.5 Å². The molecule has 36 heavy (non-hydrogen) atoms. The molecule has 0 radical (unpaired) electrons. The first-order valence-corrected chi connectivity index (χ1v) is 12.3. The quantitative estimate of drug-likeness (QED) is 0.232. The molecule has 186 valence electrons. The Morgan fingerprint density at radius 2 is 1.64 bits per heavy atom. The molecule has 3 aromatic rings. The van der Waals surface area contributed by atoms with Crippen molar-refractivity contribution >= 4 is 17.4 Å². The summed E-state index contributed by atoms with van der Waals surface area (Å²) in [4.78, 5) is 28.1. The average Bonchev–Trinajstić information content (AvgIpc) is 3.16. The largest absolute Gasteiger partial charge is 0.507 e. The highest BCUT2D eigenvalue weighted by molar-refractivity contribution is 6.46. The molecule has 0 bridgehead atoms. The Kier molecular flexibility index (Phi) is 8.06. The van der Waals surface area contributed by atoms with Crippen LogP contribution >= 0.6 is 0 Å². The van der Waals surface area contributed by atoms with Gasteiger partial charge in [-0.1, -0.05) is 61.5 Å². The van der Waals surface area contributed by atoms with Gasteiger partial charge in [-0.05, 0) is 55.2 Å². The van der Waals surface area contributed by atoms with Crippen LogP contribution in [0.4, 0.5) is 0 Å². The average molecular weight is 486 g/mol. The van der Waals surface area contributed by atoms with Gasteiger partial charge < -0.3 is 19.5 Å². The minimum atomic E-state index is -0.718. The fraction of sp³-hybridized carbons (Fsp3) is 0.267. The first-order valence-electron chi connectivity index (χ1n) is 12.3. The lowest BCUT2D eigenvalue weighted by atomic mass is 9.95. The van der Waals surface area contributed by atoms with E-state index in [2.05, 4.69) is 0 Å². The number of carbonyl (C=O) groups is 2. The number of carbonyl (C=O) groups excluding carboxylic acids is 2. The lowest BCUT2D eigenvalue weighted by Crippen LogP contribution is -2.31. The Morgan fingerprint density at radius 3 is 2.33 bits per heavy atom. The van der Waals surface area contributed by atoms with E-state index in [1.165, 1.54) is 0 Å². The molecular weight excluding hydrogens is 454 g/mol. The zero-order chi connectivity index (χ0) is 25.5. The van der Waals surface area contributed by atoms with E-state index in [1.807, 2.05) is 68.4 Å². The minimum Gasteiger partial charge on any atom is -0.507 e. The second-order valence-corrected chi connectivity index (χ2v) is 8.61. The minimum absolute atomic E-state index is 0.0739. The number of aliphatic hydroxyl groups is 1. The fourth-order valence-electron chi connectivity index (χ4n) is 4.37. The predicted octanol–water partition coefficient (Wildman–Crippen LogP) is 5.54. The number of nitrogens with zero attached hydrogens (tertiary/aromatic N) is 1. The molecule has 1 amide bonds. The van der Waals surface area contributed by atoms with Gasteiger partial charge in [0.15, 0.2) is 0 Å². The highest BCUT2D eigenvalue weighted by Crippen LogP contribution is 2.40. The summed E-state index contributed by atoms with van der Waals surface area (Å²) in [5.74, 6) is -0.236. The summed E-state index contributed by atoms with van der Waals surface area (Å²) in [5.41, 5.74) is 2.29. The topological polar surface area (TPSA) is 76.1 Å². The Balaban J connectivity index is 1.75. The van der Waals surface area contributed by atoms with Crippen LogP contribution < -0.4 is 9.47 Å². The van der Waals surface area contributed by atoms with Gasteiger partial charge in [-0.25, -0.2) is 0 Å². The van der Waals surface area contributed by atoms with Crippen LogP contribution in [0, 0.1) is 0 Å². The van der Waals surface area contributed by atoms with E-state index in [0.29, 0.717) is 43.2 Å². The van der Waals surface area contributed by atoms with Crippen LogP contribution in [0.25, 0.3) is 5.76 Å². The van der Waals surface area contributed by atoms with Crippen molar-refractivity contribution in [1.29, 1.82) is 0 Å². The van der Waals surface area contributed by atoms with Gasteiger partial charge in [0.25, 0.3) is 11.7 Å². The van der Waals surface area contributed by atoms with E-state index < -0.39 is 17.7 Å². The summed E-state index contributed by atoms with van der Waals surface area (Å²) in [7, 11) is 0. The van der Waals surface area contributed by atoms with Gasteiger partial charge in [0, 0.05) is 12.1 Å². The molecule has 0 spiro atoms. The molecule has 0 aromatic heterocycles. The molecule has 6 nitrogen and oxygen atoms in total. The molecule has 1 unspecified atom stereocenters. The van der Waals surface area contributed by atoms with E-state index >= 15 is 0 Å². The number of ether oxygens (including phenoxy) is 2. The number of ketones is 1. The van der Waals surface area contributed by atoms with Crippen molar-refractivity contribution in [2.24, 2.45) is 0 Å². The van der Waals surface area contributed by atoms with E-state index in [4.69, 9.17) is 9.47 Å². The smallest absolute Gasteiger partial charge is 0.295 e. The van der Waals surface area contributed by atoms with Crippen LogP contribution in [0.1, 0.15) is 43.0 Å². The predicted molar refractivity (Wildman–Crippen MR) is 139 cm³/mol. The Morgan fingerprint density at radius 1 is 0.889 bits per heavy atom. The number of amides is 1. The third kappa shape index (κ3) is 5.43. The van der Waals surface area contributed by atoms with Gasteiger partial charge in [0.1, 0.15) is 17.3 Å². The van der Waals surface area contributed by atoms with Crippen molar-refractivity contribution in [2.75, 3.05) is 19.8 Å². The van der Waals surface area contributed by atoms with Crippen LogP contribution in [-0.4, -0.2) is 41.5 Å². The molecule has 0 aliphatic carbocycles. The third-order valence-corrected chi connectivity index (χ3v) is 6.11. The molecular formula is C30H31NO5. The van der Waals surface area contributed by atoms with E-state index in [1.54, 1.807) is 29.2 Å². The maximum absolute atomic E-state index is 13.3. The summed E-state index contributed by atoms with van der Waals surface area (Å²) in [6.07, 6.45) is 1.43. The standard InChI is InChI=1S/C30H31NO5/c1-3-19-36-25-12-8-11-23(20-25)28(32)26-27(22-13-15-24(16-14-22)35-4-2)31(30(34)29(26)33)18-17-21-9-6-5-7-10-21/h5-16,20,27,32H,3-4,17-19H2,1-2H3/b28-26+. The summed E-state index contributed by atoms with van der Waals surface area (Å²) in [5, 5.41) is 11.3. The van der Waals surface area contributed by atoms with Crippen LogP contribution in [0.3, 0.4) is 0 Å². The van der Waals surface area contributed by atoms with E-state index in [9.17, 15) is 14.7 Å². The zero-order valence-corrected chi connectivity index (χ0v) is 20.6. The lowest BCUT2D eigenvalue weighted by molar-refractivity contribution is -0.139. The van der Waals surface area contributed by atoms with Crippen molar-refractivity contribution in [1.82, 2.24) is 4.90 Å². The van der Waals surface area contributed by atoms with Gasteiger partial charge in [-0.3, -0.25) is 9.59 Å². The molecule has 1 heterocycles. The maximum Gasteiger partial charge on any atom is 0.295 e. The SMILES string of the molecule is CCCOc1cccc(/C(O)=C2\C(=O)C(=O)N(CCc3ccccc3)C2c2ccc(OCC)cc2)c1. The molecule has 6 heteroatoms. The molecule has 1 aliphatic rings. The van der Waals surface area contributed by atoms with Gasteiger partial charge >= 0.3 is 0 Å². The zero-order valence-electron chi connectivity index (χ0n) is 20.6. The van der Waals surface area contributed by atoms with Crippen molar-refractivity contribution in [3.05, 3.63) is 101 Å². The number of likely N-dealkylation sites (tertiary alicyclic amines) is 1. The van der Waals surface area contributed by atoms with E-state index in [0.717, 1.165) is 17.5 Å². The summed E-state index contributed by atoms with van der Waals surface area (Å²) < 4.78 is 11.3. The maximum atomic E-state index is 13.3.